The molecule has 1 atom stereocenters. The summed E-state index contributed by atoms with van der Waals surface area (Å²) in [5.74, 6) is -0.380. The second-order valence-electron chi connectivity index (χ2n) is 5.03. The summed E-state index contributed by atoms with van der Waals surface area (Å²) in [5, 5.41) is 6.13. The number of aromatic nitrogens is 2. The molecule has 1 aromatic heterocycles. The molecule has 1 aliphatic rings. The van der Waals surface area contributed by atoms with Gasteiger partial charge in [-0.1, -0.05) is 35.9 Å². The van der Waals surface area contributed by atoms with Crippen LogP contribution in [0.15, 0.2) is 54.7 Å². The average molecular weight is 344 g/mol. The Morgan fingerprint density at radius 3 is 2.74 bits per heavy atom. The zero-order valence-corrected chi connectivity index (χ0v) is 13.3. The van der Waals surface area contributed by atoms with E-state index in [2.05, 4.69) is 9.82 Å². The molecule has 0 spiro atoms. The molecule has 1 N–H and O–H groups in total. The highest BCUT2D eigenvalue weighted by Crippen LogP contribution is 2.31. The van der Waals surface area contributed by atoms with Crippen LogP contribution in [0.1, 0.15) is 0 Å². The SMILES string of the molecule is O=C1C=C(n2ncc3cc(-c4ccccc4Cl)ccc32)S(=O)N1. The molecule has 1 unspecified atom stereocenters. The number of hydrogen-bond acceptors (Lipinski definition) is 3. The van der Waals surface area contributed by atoms with Crippen LogP contribution in [0.25, 0.3) is 27.1 Å². The number of carbonyl (C=O) groups excluding carboxylic acids is 1. The van der Waals surface area contributed by atoms with Crippen LogP contribution in [0, 0.1) is 0 Å². The molecule has 0 saturated heterocycles. The number of hydrogen-bond donors (Lipinski definition) is 1. The monoisotopic (exact) mass is 343 g/mol. The summed E-state index contributed by atoms with van der Waals surface area (Å²) in [6, 6.07) is 13.4. The van der Waals surface area contributed by atoms with Crippen LogP contribution in [0.4, 0.5) is 0 Å². The minimum atomic E-state index is -1.58. The van der Waals surface area contributed by atoms with Crippen molar-refractivity contribution >= 4 is 44.4 Å². The van der Waals surface area contributed by atoms with Crippen molar-refractivity contribution in [2.24, 2.45) is 0 Å². The van der Waals surface area contributed by atoms with E-state index in [4.69, 9.17) is 11.6 Å². The van der Waals surface area contributed by atoms with Gasteiger partial charge in [0.1, 0.15) is 0 Å². The average Bonchev–Trinajstić information content (AvgIpc) is 3.09. The lowest BCUT2D eigenvalue weighted by Crippen LogP contribution is -2.17. The van der Waals surface area contributed by atoms with Crippen LogP contribution in [0.3, 0.4) is 0 Å². The lowest BCUT2D eigenvalue weighted by atomic mass is 10.0. The van der Waals surface area contributed by atoms with Gasteiger partial charge in [-0.2, -0.15) is 5.10 Å². The summed E-state index contributed by atoms with van der Waals surface area (Å²) in [5.41, 5.74) is 2.68. The van der Waals surface area contributed by atoms with Gasteiger partial charge in [0.2, 0.25) is 0 Å². The number of amides is 1. The van der Waals surface area contributed by atoms with Crippen molar-refractivity contribution in [2.75, 3.05) is 0 Å². The molecule has 2 aromatic carbocycles. The molecule has 3 aromatic rings. The van der Waals surface area contributed by atoms with E-state index in [1.54, 1.807) is 6.20 Å². The van der Waals surface area contributed by atoms with E-state index < -0.39 is 11.0 Å². The number of benzene rings is 2. The maximum Gasteiger partial charge on any atom is 0.258 e. The number of carbonyl (C=O) groups is 1. The fourth-order valence-corrected chi connectivity index (χ4v) is 3.66. The predicted octanol–water partition coefficient (Wildman–Crippen LogP) is 2.95. The zero-order valence-electron chi connectivity index (χ0n) is 11.7. The van der Waals surface area contributed by atoms with Gasteiger partial charge in [-0.15, -0.1) is 0 Å². The summed E-state index contributed by atoms with van der Waals surface area (Å²) in [6.45, 7) is 0. The molecular weight excluding hydrogens is 334 g/mol. The maximum absolute atomic E-state index is 11.9. The quantitative estimate of drug-likeness (QED) is 0.778. The second-order valence-corrected chi connectivity index (χ2v) is 6.59. The highest BCUT2D eigenvalue weighted by atomic mass is 35.5. The van der Waals surface area contributed by atoms with Crippen molar-refractivity contribution in [3.8, 4) is 11.1 Å². The van der Waals surface area contributed by atoms with Crippen LogP contribution in [0.2, 0.25) is 5.02 Å². The highest BCUT2D eigenvalue weighted by molar-refractivity contribution is 7.93. The standard InChI is InChI=1S/C16H10ClN3O2S/c17-13-4-2-1-3-12(13)10-5-6-14-11(7-10)9-18-20(14)16-8-15(21)19-23(16)22/h1-9H,(H,19,21). The Bertz CT molecular complexity index is 1010. The van der Waals surface area contributed by atoms with Gasteiger partial charge in [0, 0.05) is 22.0 Å². The zero-order chi connectivity index (χ0) is 16.0. The van der Waals surface area contributed by atoms with Crippen molar-refractivity contribution in [2.45, 2.75) is 0 Å². The van der Waals surface area contributed by atoms with Crippen LogP contribution in [-0.2, 0) is 15.8 Å². The van der Waals surface area contributed by atoms with E-state index in [1.807, 2.05) is 42.5 Å². The summed E-state index contributed by atoms with van der Waals surface area (Å²) >= 11 is 6.24. The summed E-state index contributed by atoms with van der Waals surface area (Å²) in [7, 11) is -1.58. The van der Waals surface area contributed by atoms with Crippen molar-refractivity contribution in [3.63, 3.8) is 0 Å². The van der Waals surface area contributed by atoms with Gasteiger partial charge in [-0.05, 0) is 23.8 Å². The number of nitrogens with zero attached hydrogens (tertiary/aromatic N) is 2. The topological polar surface area (TPSA) is 64.0 Å². The molecule has 7 heteroatoms. The minimum absolute atomic E-state index is 0.329. The van der Waals surface area contributed by atoms with Gasteiger partial charge in [-0.25, -0.2) is 8.89 Å². The van der Waals surface area contributed by atoms with E-state index in [9.17, 15) is 9.00 Å². The molecule has 1 amide bonds. The number of rotatable bonds is 2. The first-order valence-electron chi connectivity index (χ1n) is 6.80. The van der Waals surface area contributed by atoms with E-state index in [0.29, 0.717) is 10.1 Å². The normalized spacial score (nSPS) is 17.3. The Morgan fingerprint density at radius 2 is 2.00 bits per heavy atom. The van der Waals surface area contributed by atoms with Crippen molar-refractivity contribution in [1.29, 1.82) is 0 Å². The maximum atomic E-state index is 11.9. The smallest absolute Gasteiger partial charge is 0.258 e. The molecule has 0 bridgehead atoms. The molecule has 1 aliphatic heterocycles. The van der Waals surface area contributed by atoms with Gasteiger partial charge in [0.25, 0.3) is 5.91 Å². The lowest BCUT2D eigenvalue weighted by molar-refractivity contribution is -0.114. The third-order valence-corrected chi connectivity index (χ3v) is 4.99. The third kappa shape index (κ3) is 2.36. The Morgan fingerprint density at radius 1 is 1.17 bits per heavy atom. The third-order valence-electron chi connectivity index (χ3n) is 3.60. The first-order valence-corrected chi connectivity index (χ1v) is 8.33. The molecule has 4 rings (SSSR count). The molecule has 5 nitrogen and oxygen atoms in total. The van der Waals surface area contributed by atoms with Gasteiger partial charge in [0.15, 0.2) is 16.0 Å². The fraction of sp³-hybridized carbons (Fsp3) is 0. The Hall–Kier alpha value is -2.44. The highest BCUT2D eigenvalue weighted by Gasteiger charge is 2.23. The summed E-state index contributed by atoms with van der Waals surface area (Å²) in [6.07, 6.45) is 2.97. The molecule has 0 saturated carbocycles. The van der Waals surface area contributed by atoms with Crippen molar-refractivity contribution in [1.82, 2.24) is 14.5 Å². The van der Waals surface area contributed by atoms with Crippen LogP contribution in [-0.4, -0.2) is 19.9 Å². The van der Waals surface area contributed by atoms with Gasteiger partial charge < -0.3 is 0 Å². The van der Waals surface area contributed by atoms with Crippen molar-refractivity contribution in [3.05, 3.63) is 59.8 Å². The van der Waals surface area contributed by atoms with Gasteiger partial charge in [-0.3, -0.25) is 9.52 Å². The molecular formula is C16H10ClN3O2S. The van der Waals surface area contributed by atoms with E-state index in [0.717, 1.165) is 22.0 Å². The molecule has 23 heavy (non-hydrogen) atoms. The van der Waals surface area contributed by atoms with Crippen molar-refractivity contribution < 1.29 is 9.00 Å². The Labute approximate surface area is 139 Å². The van der Waals surface area contributed by atoms with Gasteiger partial charge in [0.05, 0.1) is 11.7 Å². The minimum Gasteiger partial charge on any atom is -0.269 e. The van der Waals surface area contributed by atoms with E-state index >= 15 is 0 Å². The molecule has 2 heterocycles. The van der Waals surface area contributed by atoms with Crippen LogP contribution in [0.5, 0.6) is 0 Å². The summed E-state index contributed by atoms with van der Waals surface area (Å²) < 4.78 is 15.7. The Balaban J connectivity index is 1.84. The predicted molar refractivity (Wildman–Crippen MR) is 90.7 cm³/mol. The van der Waals surface area contributed by atoms with E-state index in [1.165, 1.54) is 10.8 Å². The van der Waals surface area contributed by atoms with Crippen LogP contribution >= 0.6 is 11.6 Å². The first kappa shape index (κ1) is 14.2. The molecule has 0 aliphatic carbocycles. The summed E-state index contributed by atoms with van der Waals surface area (Å²) in [4.78, 5) is 11.3. The number of nitrogens with one attached hydrogen (secondary N) is 1. The molecule has 0 radical (unpaired) electrons. The largest absolute Gasteiger partial charge is 0.269 e. The van der Waals surface area contributed by atoms with E-state index in [-0.39, 0.29) is 5.91 Å². The number of halogens is 1. The lowest BCUT2D eigenvalue weighted by Gasteiger charge is -2.06. The molecule has 114 valence electrons. The van der Waals surface area contributed by atoms with Gasteiger partial charge >= 0.3 is 0 Å². The van der Waals surface area contributed by atoms with Crippen LogP contribution < -0.4 is 4.72 Å². The second kappa shape index (κ2) is 5.33. The Kier molecular flexibility index (Phi) is 3.28. The first-order chi connectivity index (χ1) is 11.1. The number of fused-ring (bicyclic) bond motifs is 1. The fourth-order valence-electron chi connectivity index (χ4n) is 2.55. The molecule has 0 fully saturated rings.